The van der Waals surface area contributed by atoms with Gasteiger partial charge in [0, 0.05) is 23.0 Å². The Bertz CT molecular complexity index is 1210. The number of pyridine rings is 1. The van der Waals surface area contributed by atoms with E-state index in [4.69, 9.17) is 9.72 Å². The summed E-state index contributed by atoms with van der Waals surface area (Å²) in [6.45, 7) is 6.06. The minimum absolute atomic E-state index is 0.124. The first-order chi connectivity index (χ1) is 14.0. The Morgan fingerprint density at radius 2 is 1.72 bits per heavy atom. The Morgan fingerprint density at radius 1 is 0.966 bits per heavy atom. The molecule has 0 fully saturated rings. The predicted molar refractivity (Wildman–Crippen MR) is 116 cm³/mol. The van der Waals surface area contributed by atoms with Crippen molar-refractivity contribution in [2.75, 3.05) is 12.4 Å². The van der Waals surface area contributed by atoms with Crippen LogP contribution in [0.5, 0.6) is 5.75 Å². The average molecular weight is 385 g/mol. The lowest BCUT2D eigenvalue weighted by atomic mass is 10.1. The van der Waals surface area contributed by atoms with E-state index in [1.807, 2.05) is 86.0 Å². The predicted octanol–water partition coefficient (Wildman–Crippen LogP) is 5.19. The van der Waals surface area contributed by atoms with Crippen molar-refractivity contribution < 1.29 is 9.53 Å². The van der Waals surface area contributed by atoms with Gasteiger partial charge >= 0.3 is 0 Å². The lowest BCUT2D eigenvalue weighted by molar-refractivity contribution is 0.102. The third-order valence-electron chi connectivity index (χ3n) is 5.25. The fourth-order valence-corrected chi connectivity index (χ4v) is 3.34. The quantitative estimate of drug-likeness (QED) is 0.526. The number of fused-ring (bicyclic) bond motifs is 1. The number of aryl methyl sites for hydroxylation is 3. The van der Waals surface area contributed by atoms with Gasteiger partial charge in [-0.05, 0) is 80.4 Å². The molecule has 0 saturated heterocycles. The molecule has 0 aliphatic rings. The summed E-state index contributed by atoms with van der Waals surface area (Å²) in [7, 11) is 1.65. The summed E-state index contributed by atoms with van der Waals surface area (Å²) >= 11 is 0. The molecule has 0 unspecified atom stereocenters. The van der Waals surface area contributed by atoms with E-state index >= 15 is 0 Å². The van der Waals surface area contributed by atoms with Crippen LogP contribution in [0.4, 0.5) is 5.69 Å². The number of carbonyl (C=O) groups is 1. The molecule has 4 rings (SSSR count). The molecule has 0 saturated carbocycles. The second-order valence-corrected chi connectivity index (χ2v) is 7.17. The van der Waals surface area contributed by atoms with Crippen LogP contribution in [0, 0.1) is 20.8 Å². The molecule has 0 atom stereocenters. The lowest BCUT2D eigenvalue weighted by Gasteiger charge is -2.08. The van der Waals surface area contributed by atoms with Gasteiger partial charge in [-0.1, -0.05) is 6.07 Å². The van der Waals surface area contributed by atoms with Crippen molar-refractivity contribution in [3.63, 3.8) is 0 Å². The van der Waals surface area contributed by atoms with Gasteiger partial charge in [0.2, 0.25) is 0 Å². The van der Waals surface area contributed by atoms with E-state index in [2.05, 4.69) is 5.32 Å². The van der Waals surface area contributed by atoms with Crippen LogP contribution in [-0.2, 0) is 0 Å². The summed E-state index contributed by atoms with van der Waals surface area (Å²) in [5, 5.41) is 2.98. The molecule has 0 bridgehead atoms. The van der Waals surface area contributed by atoms with Gasteiger partial charge in [-0.15, -0.1) is 0 Å². The largest absolute Gasteiger partial charge is 0.497 e. The second-order valence-electron chi connectivity index (χ2n) is 7.17. The van der Waals surface area contributed by atoms with Crippen molar-refractivity contribution in [3.05, 3.63) is 83.2 Å². The van der Waals surface area contributed by atoms with E-state index in [0.29, 0.717) is 5.56 Å². The fraction of sp³-hybridized carbons (Fsp3) is 0.167. The Morgan fingerprint density at radius 3 is 2.41 bits per heavy atom. The van der Waals surface area contributed by atoms with E-state index in [0.717, 1.165) is 39.6 Å². The first-order valence-electron chi connectivity index (χ1n) is 9.48. The highest BCUT2D eigenvalue weighted by Gasteiger charge is 2.13. The van der Waals surface area contributed by atoms with Crippen molar-refractivity contribution >= 4 is 17.2 Å². The molecule has 2 aromatic heterocycles. The van der Waals surface area contributed by atoms with Crippen LogP contribution in [0.25, 0.3) is 16.9 Å². The molecule has 2 aromatic carbocycles. The van der Waals surface area contributed by atoms with Crippen LogP contribution >= 0.6 is 0 Å². The summed E-state index contributed by atoms with van der Waals surface area (Å²) < 4.78 is 7.23. The Hall–Kier alpha value is -3.60. The van der Waals surface area contributed by atoms with Gasteiger partial charge in [0.1, 0.15) is 11.4 Å². The number of aromatic nitrogens is 2. The van der Waals surface area contributed by atoms with Gasteiger partial charge in [-0.2, -0.15) is 0 Å². The van der Waals surface area contributed by atoms with Crippen molar-refractivity contribution in [1.29, 1.82) is 0 Å². The molecular formula is C24H23N3O2. The minimum Gasteiger partial charge on any atom is -0.497 e. The topological polar surface area (TPSA) is 55.6 Å². The van der Waals surface area contributed by atoms with Gasteiger partial charge in [-0.3, -0.25) is 4.79 Å². The first-order valence-corrected chi connectivity index (χ1v) is 9.48. The van der Waals surface area contributed by atoms with Crippen molar-refractivity contribution in [1.82, 2.24) is 9.38 Å². The highest BCUT2D eigenvalue weighted by atomic mass is 16.5. The summed E-state index contributed by atoms with van der Waals surface area (Å²) in [6, 6.07) is 17.4. The van der Waals surface area contributed by atoms with Crippen LogP contribution in [0.3, 0.4) is 0 Å². The number of benzene rings is 2. The summed E-state index contributed by atoms with van der Waals surface area (Å²) in [6.07, 6.45) is 1.91. The van der Waals surface area contributed by atoms with Crippen molar-refractivity contribution in [2.45, 2.75) is 20.8 Å². The van der Waals surface area contributed by atoms with Crippen molar-refractivity contribution in [2.24, 2.45) is 0 Å². The monoisotopic (exact) mass is 385 g/mol. The molecule has 146 valence electrons. The van der Waals surface area contributed by atoms with Gasteiger partial charge in [-0.25, -0.2) is 4.98 Å². The molecule has 1 amide bonds. The molecule has 1 N–H and O–H groups in total. The Balaban J connectivity index is 1.64. The van der Waals surface area contributed by atoms with Gasteiger partial charge in [0.15, 0.2) is 0 Å². The van der Waals surface area contributed by atoms with Crippen LogP contribution in [0.2, 0.25) is 0 Å². The molecular weight excluding hydrogens is 362 g/mol. The number of nitrogens with zero attached hydrogens (tertiary/aromatic N) is 2. The highest BCUT2D eigenvalue weighted by molar-refractivity contribution is 6.04. The number of hydrogen-bond donors (Lipinski definition) is 1. The standard InChI is InChI=1S/C24H23N3O2/c1-15-5-6-19(13-16(15)2)24(28)25-20-9-12-22-26-23(17(3)27(22)14-20)18-7-10-21(29-4)11-8-18/h5-14H,1-4H3,(H,25,28). The summed E-state index contributed by atoms with van der Waals surface area (Å²) in [5.74, 6) is 0.687. The fourth-order valence-electron chi connectivity index (χ4n) is 3.34. The lowest BCUT2D eigenvalue weighted by Crippen LogP contribution is -2.12. The average Bonchev–Trinajstić information content (AvgIpc) is 3.06. The van der Waals surface area contributed by atoms with E-state index in [1.165, 1.54) is 5.56 Å². The molecule has 0 aliphatic carbocycles. The van der Waals surface area contributed by atoms with E-state index in [1.54, 1.807) is 7.11 Å². The number of carbonyl (C=O) groups excluding carboxylic acids is 1. The zero-order valence-corrected chi connectivity index (χ0v) is 17.0. The van der Waals surface area contributed by atoms with Crippen molar-refractivity contribution in [3.8, 4) is 17.0 Å². The SMILES string of the molecule is COc1ccc(-c2nc3ccc(NC(=O)c4ccc(C)c(C)c4)cn3c2C)cc1. The molecule has 4 aromatic rings. The van der Waals surface area contributed by atoms with Gasteiger partial charge in [0.05, 0.1) is 18.5 Å². The summed E-state index contributed by atoms with van der Waals surface area (Å²) in [5.41, 5.74) is 7.41. The highest BCUT2D eigenvalue weighted by Crippen LogP contribution is 2.27. The van der Waals surface area contributed by atoms with E-state index < -0.39 is 0 Å². The maximum absolute atomic E-state index is 12.6. The maximum atomic E-state index is 12.6. The van der Waals surface area contributed by atoms with Crippen LogP contribution < -0.4 is 10.1 Å². The smallest absolute Gasteiger partial charge is 0.255 e. The van der Waals surface area contributed by atoms with E-state index in [-0.39, 0.29) is 5.91 Å². The van der Waals surface area contributed by atoms with E-state index in [9.17, 15) is 4.79 Å². The number of ether oxygens (including phenoxy) is 1. The molecule has 5 nitrogen and oxygen atoms in total. The molecule has 2 heterocycles. The molecule has 0 aliphatic heterocycles. The van der Waals surface area contributed by atoms with Crippen LogP contribution in [-0.4, -0.2) is 22.4 Å². The van der Waals surface area contributed by atoms with Gasteiger partial charge < -0.3 is 14.5 Å². The number of imidazole rings is 1. The third-order valence-corrected chi connectivity index (χ3v) is 5.25. The Kier molecular flexibility index (Phi) is 4.80. The number of hydrogen-bond acceptors (Lipinski definition) is 3. The van der Waals surface area contributed by atoms with Gasteiger partial charge in [0.25, 0.3) is 5.91 Å². The summed E-state index contributed by atoms with van der Waals surface area (Å²) in [4.78, 5) is 17.4. The first kappa shape index (κ1) is 18.7. The molecule has 0 radical (unpaired) electrons. The number of anilines is 1. The molecule has 5 heteroatoms. The normalized spacial score (nSPS) is 10.9. The number of rotatable bonds is 4. The zero-order chi connectivity index (χ0) is 20.5. The third kappa shape index (κ3) is 3.59. The Labute approximate surface area is 170 Å². The zero-order valence-electron chi connectivity index (χ0n) is 17.0. The second kappa shape index (κ2) is 7.43. The number of amides is 1. The minimum atomic E-state index is -0.124. The number of nitrogens with one attached hydrogen (secondary N) is 1. The molecule has 29 heavy (non-hydrogen) atoms. The van der Waals surface area contributed by atoms with Crippen LogP contribution in [0.1, 0.15) is 27.2 Å². The maximum Gasteiger partial charge on any atom is 0.255 e. The van der Waals surface area contributed by atoms with Crippen LogP contribution in [0.15, 0.2) is 60.8 Å². The molecule has 0 spiro atoms. The number of methoxy groups -OCH3 is 1.